The van der Waals surface area contributed by atoms with Crippen LogP contribution in [0.15, 0.2) is 30.3 Å². The molecule has 1 heterocycles. The Balaban J connectivity index is 2.27. The van der Waals surface area contributed by atoms with Crippen LogP contribution in [0.3, 0.4) is 0 Å². The minimum Gasteiger partial charge on any atom is -0.343 e. The van der Waals surface area contributed by atoms with E-state index in [1.165, 1.54) is 0 Å². The molecule has 2 rings (SSSR count). The lowest BCUT2D eigenvalue weighted by Gasteiger charge is -2.27. The van der Waals surface area contributed by atoms with Crippen molar-refractivity contribution in [3.8, 4) is 0 Å². The maximum atomic E-state index is 5.74. The SMILES string of the molecule is CCCC1(c2ccccc2)OCCO1. The van der Waals surface area contributed by atoms with Crippen molar-refractivity contribution >= 4 is 0 Å². The number of ether oxygens (including phenoxy) is 2. The number of rotatable bonds is 3. The standard InChI is InChI=1S/C12H16O2/c1-2-8-12(13-9-10-14-12)11-6-4-3-5-7-11/h3-7H,2,8-10H2,1H3. The number of hydrogen-bond donors (Lipinski definition) is 0. The third kappa shape index (κ3) is 1.68. The van der Waals surface area contributed by atoms with Gasteiger partial charge in [0.25, 0.3) is 0 Å². The first-order valence-corrected chi connectivity index (χ1v) is 5.21. The Morgan fingerprint density at radius 1 is 1.14 bits per heavy atom. The van der Waals surface area contributed by atoms with E-state index in [0.29, 0.717) is 13.2 Å². The summed E-state index contributed by atoms with van der Waals surface area (Å²) < 4.78 is 11.5. The van der Waals surface area contributed by atoms with Crippen LogP contribution in [0.5, 0.6) is 0 Å². The quantitative estimate of drug-likeness (QED) is 0.733. The van der Waals surface area contributed by atoms with Gasteiger partial charge in [-0.05, 0) is 0 Å². The van der Waals surface area contributed by atoms with E-state index >= 15 is 0 Å². The van der Waals surface area contributed by atoms with Crippen molar-refractivity contribution in [3.63, 3.8) is 0 Å². The van der Waals surface area contributed by atoms with Crippen molar-refractivity contribution in [2.45, 2.75) is 25.6 Å². The van der Waals surface area contributed by atoms with Crippen molar-refractivity contribution in [1.29, 1.82) is 0 Å². The van der Waals surface area contributed by atoms with Gasteiger partial charge in [-0.25, -0.2) is 0 Å². The lowest BCUT2D eigenvalue weighted by Crippen LogP contribution is -2.26. The molecule has 1 aromatic rings. The van der Waals surface area contributed by atoms with Crippen LogP contribution < -0.4 is 0 Å². The van der Waals surface area contributed by atoms with Crippen LogP contribution in [0, 0.1) is 0 Å². The highest BCUT2D eigenvalue weighted by Gasteiger charge is 2.37. The molecular formula is C12H16O2. The second-order valence-corrected chi connectivity index (χ2v) is 3.57. The van der Waals surface area contributed by atoms with Crippen LogP contribution in [0.2, 0.25) is 0 Å². The monoisotopic (exact) mass is 192 g/mol. The van der Waals surface area contributed by atoms with Crippen molar-refractivity contribution in [2.24, 2.45) is 0 Å². The summed E-state index contributed by atoms with van der Waals surface area (Å²) in [4.78, 5) is 0. The van der Waals surface area contributed by atoms with Gasteiger partial charge < -0.3 is 9.47 Å². The van der Waals surface area contributed by atoms with Crippen molar-refractivity contribution in [1.82, 2.24) is 0 Å². The Labute approximate surface area is 84.8 Å². The zero-order valence-corrected chi connectivity index (χ0v) is 8.53. The van der Waals surface area contributed by atoms with Crippen LogP contribution in [0.25, 0.3) is 0 Å². The normalized spacial score (nSPS) is 19.8. The molecule has 1 saturated heterocycles. The molecule has 0 spiro atoms. The molecule has 0 atom stereocenters. The zero-order chi connectivity index (χ0) is 9.86. The van der Waals surface area contributed by atoms with Gasteiger partial charge in [-0.1, -0.05) is 43.7 Å². The first kappa shape index (κ1) is 9.69. The summed E-state index contributed by atoms with van der Waals surface area (Å²) in [5, 5.41) is 0. The molecule has 76 valence electrons. The van der Waals surface area contributed by atoms with Crippen LogP contribution in [0.4, 0.5) is 0 Å². The molecule has 0 unspecified atom stereocenters. The molecule has 0 bridgehead atoms. The van der Waals surface area contributed by atoms with E-state index in [9.17, 15) is 0 Å². The minimum atomic E-state index is -0.462. The molecule has 14 heavy (non-hydrogen) atoms. The Morgan fingerprint density at radius 2 is 1.79 bits per heavy atom. The van der Waals surface area contributed by atoms with Crippen LogP contribution in [0.1, 0.15) is 25.3 Å². The van der Waals surface area contributed by atoms with Crippen LogP contribution in [-0.4, -0.2) is 13.2 Å². The molecule has 0 radical (unpaired) electrons. The van der Waals surface area contributed by atoms with E-state index in [1.54, 1.807) is 0 Å². The van der Waals surface area contributed by atoms with Gasteiger partial charge in [-0.3, -0.25) is 0 Å². The van der Waals surface area contributed by atoms with Gasteiger partial charge >= 0.3 is 0 Å². The summed E-state index contributed by atoms with van der Waals surface area (Å²) in [7, 11) is 0. The molecule has 0 amide bonds. The summed E-state index contributed by atoms with van der Waals surface area (Å²) >= 11 is 0. The van der Waals surface area contributed by atoms with Crippen molar-refractivity contribution in [3.05, 3.63) is 35.9 Å². The fourth-order valence-electron chi connectivity index (χ4n) is 1.93. The van der Waals surface area contributed by atoms with Gasteiger partial charge in [0.05, 0.1) is 13.2 Å². The van der Waals surface area contributed by atoms with Gasteiger partial charge in [0, 0.05) is 12.0 Å². The molecular weight excluding hydrogens is 176 g/mol. The van der Waals surface area contributed by atoms with Crippen LogP contribution in [-0.2, 0) is 15.3 Å². The molecule has 0 aromatic heterocycles. The average Bonchev–Trinajstić information content (AvgIpc) is 2.70. The predicted molar refractivity (Wildman–Crippen MR) is 54.9 cm³/mol. The lowest BCUT2D eigenvalue weighted by molar-refractivity contribution is -0.170. The maximum absolute atomic E-state index is 5.74. The van der Waals surface area contributed by atoms with Crippen molar-refractivity contribution in [2.75, 3.05) is 13.2 Å². The fraction of sp³-hybridized carbons (Fsp3) is 0.500. The fourth-order valence-corrected chi connectivity index (χ4v) is 1.93. The molecule has 1 aliphatic rings. The van der Waals surface area contributed by atoms with Crippen LogP contribution >= 0.6 is 0 Å². The summed E-state index contributed by atoms with van der Waals surface area (Å²) in [6.07, 6.45) is 1.99. The second-order valence-electron chi connectivity index (χ2n) is 3.57. The molecule has 1 fully saturated rings. The summed E-state index contributed by atoms with van der Waals surface area (Å²) in [6.45, 7) is 3.56. The summed E-state index contributed by atoms with van der Waals surface area (Å²) in [6, 6.07) is 10.2. The van der Waals surface area contributed by atoms with Gasteiger partial charge in [0.2, 0.25) is 0 Å². The molecule has 2 nitrogen and oxygen atoms in total. The molecule has 0 N–H and O–H groups in total. The third-order valence-corrected chi connectivity index (χ3v) is 2.55. The van der Waals surface area contributed by atoms with E-state index in [0.717, 1.165) is 18.4 Å². The van der Waals surface area contributed by atoms with E-state index in [2.05, 4.69) is 19.1 Å². The first-order valence-electron chi connectivity index (χ1n) is 5.21. The Morgan fingerprint density at radius 3 is 2.36 bits per heavy atom. The Kier molecular flexibility index (Phi) is 2.85. The topological polar surface area (TPSA) is 18.5 Å². The number of benzene rings is 1. The highest BCUT2D eigenvalue weighted by atomic mass is 16.7. The van der Waals surface area contributed by atoms with Crippen molar-refractivity contribution < 1.29 is 9.47 Å². The van der Waals surface area contributed by atoms with E-state index < -0.39 is 5.79 Å². The average molecular weight is 192 g/mol. The van der Waals surface area contributed by atoms with E-state index in [1.807, 2.05) is 18.2 Å². The second kappa shape index (κ2) is 4.11. The smallest absolute Gasteiger partial charge is 0.194 e. The summed E-state index contributed by atoms with van der Waals surface area (Å²) in [5.41, 5.74) is 1.14. The lowest BCUT2D eigenvalue weighted by atomic mass is 10.0. The maximum Gasteiger partial charge on any atom is 0.194 e. The summed E-state index contributed by atoms with van der Waals surface area (Å²) in [5.74, 6) is -0.462. The first-order chi connectivity index (χ1) is 6.87. The third-order valence-electron chi connectivity index (χ3n) is 2.55. The molecule has 1 aromatic carbocycles. The van der Waals surface area contributed by atoms with Gasteiger partial charge in [-0.15, -0.1) is 0 Å². The van der Waals surface area contributed by atoms with Gasteiger partial charge in [-0.2, -0.15) is 0 Å². The van der Waals surface area contributed by atoms with E-state index in [4.69, 9.17) is 9.47 Å². The zero-order valence-electron chi connectivity index (χ0n) is 8.53. The molecule has 0 saturated carbocycles. The Hall–Kier alpha value is -0.860. The van der Waals surface area contributed by atoms with Gasteiger partial charge in [0.15, 0.2) is 5.79 Å². The predicted octanol–water partition coefficient (Wildman–Crippen LogP) is 2.69. The Bertz CT molecular complexity index is 276. The number of hydrogen-bond acceptors (Lipinski definition) is 2. The largest absolute Gasteiger partial charge is 0.343 e. The minimum absolute atomic E-state index is 0.462. The molecule has 1 aliphatic heterocycles. The highest BCUT2D eigenvalue weighted by molar-refractivity contribution is 5.20. The van der Waals surface area contributed by atoms with E-state index in [-0.39, 0.29) is 0 Å². The molecule has 2 heteroatoms. The highest BCUT2D eigenvalue weighted by Crippen LogP contribution is 2.35. The molecule has 0 aliphatic carbocycles. The van der Waals surface area contributed by atoms with Gasteiger partial charge in [0.1, 0.15) is 0 Å².